The van der Waals surface area contributed by atoms with Gasteiger partial charge in [-0.1, -0.05) is 0 Å². The molecule has 21 heavy (non-hydrogen) atoms. The van der Waals surface area contributed by atoms with Crippen LogP contribution in [-0.4, -0.2) is 79.8 Å². The predicted molar refractivity (Wildman–Crippen MR) is 75.3 cm³/mol. The molecule has 1 N–H and O–H groups in total. The molecule has 0 aliphatic carbocycles. The van der Waals surface area contributed by atoms with Gasteiger partial charge < -0.3 is 9.84 Å². The molecular formula is C12H22N2O6S. The Kier molecular flexibility index (Phi) is 7.06. The Hall–Kier alpha value is -1.19. The number of hydrogen-bond acceptors (Lipinski definition) is 6. The van der Waals surface area contributed by atoms with Gasteiger partial charge >= 0.3 is 11.9 Å². The summed E-state index contributed by atoms with van der Waals surface area (Å²) in [6.07, 6.45) is 0.414. The van der Waals surface area contributed by atoms with Gasteiger partial charge in [-0.3, -0.25) is 14.5 Å². The summed E-state index contributed by atoms with van der Waals surface area (Å²) in [5.74, 6) is -1.72. The fourth-order valence-corrected chi connectivity index (χ4v) is 3.60. The lowest BCUT2D eigenvalue weighted by Crippen LogP contribution is -2.38. The quantitative estimate of drug-likeness (QED) is 0.622. The van der Waals surface area contributed by atoms with E-state index in [0.29, 0.717) is 26.1 Å². The van der Waals surface area contributed by atoms with Crippen molar-refractivity contribution in [2.45, 2.75) is 19.8 Å². The van der Waals surface area contributed by atoms with E-state index in [1.54, 1.807) is 11.8 Å². The molecule has 0 aromatic rings. The Morgan fingerprint density at radius 3 is 2.52 bits per heavy atom. The van der Waals surface area contributed by atoms with Crippen LogP contribution in [-0.2, 0) is 24.3 Å². The Morgan fingerprint density at radius 2 is 1.90 bits per heavy atom. The maximum atomic E-state index is 12.2. The molecule has 0 aromatic carbocycles. The molecule has 0 amide bonds. The number of carboxylic acids is 1. The minimum atomic E-state index is -3.51. The third-order valence-corrected chi connectivity index (χ3v) is 5.04. The van der Waals surface area contributed by atoms with E-state index in [4.69, 9.17) is 9.84 Å². The summed E-state index contributed by atoms with van der Waals surface area (Å²) >= 11 is 0. The normalized spacial score (nSPS) is 18.1. The van der Waals surface area contributed by atoms with Crippen LogP contribution in [0.25, 0.3) is 0 Å². The molecule has 9 heteroatoms. The molecule has 122 valence electrons. The second kappa shape index (κ2) is 8.30. The molecule has 1 rings (SSSR count). The number of sulfonamides is 1. The van der Waals surface area contributed by atoms with E-state index >= 15 is 0 Å². The number of aliphatic carboxylic acids is 1. The van der Waals surface area contributed by atoms with Crippen molar-refractivity contribution in [2.24, 2.45) is 0 Å². The molecule has 0 aromatic heterocycles. The second-order valence-corrected chi connectivity index (χ2v) is 6.88. The van der Waals surface area contributed by atoms with E-state index in [9.17, 15) is 18.0 Å². The van der Waals surface area contributed by atoms with Crippen molar-refractivity contribution in [3.63, 3.8) is 0 Å². The number of esters is 1. The lowest BCUT2D eigenvalue weighted by Gasteiger charge is -2.20. The van der Waals surface area contributed by atoms with Gasteiger partial charge in [0.1, 0.15) is 0 Å². The van der Waals surface area contributed by atoms with Gasteiger partial charge in [-0.2, -0.15) is 0 Å². The first-order valence-corrected chi connectivity index (χ1v) is 8.53. The fraction of sp³-hybridized carbons (Fsp3) is 0.833. The van der Waals surface area contributed by atoms with Crippen molar-refractivity contribution in [1.29, 1.82) is 0 Å². The largest absolute Gasteiger partial charge is 0.480 e. The summed E-state index contributed by atoms with van der Waals surface area (Å²) in [7, 11) is -3.51. The van der Waals surface area contributed by atoms with Crippen LogP contribution in [0.4, 0.5) is 0 Å². The molecule has 8 nitrogen and oxygen atoms in total. The Balaban J connectivity index is 2.51. The van der Waals surface area contributed by atoms with Gasteiger partial charge in [-0.15, -0.1) is 0 Å². The van der Waals surface area contributed by atoms with Crippen molar-refractivity contribution in [2.75, 3.05) is 45.1 Å². The smallest absolute Gasteiger partial charge is 0.317 e. The number of carbonyl (C=O) groups is 2. The summed E-state index contributed by atoms with van der Waals surface area (Å²) in [6, 6.07) is 0. The van der Waals surface area contributed by atoms with Crippen molar-refractivity contribution in [1.82, 2.24) is 9.21 Å². The summed E-state index contributed by atoms with van der Waals surface area (Å²) in [5.41, 5.74) is 0. The maximum absolute atomic E-state index is 12.2. The van der Waals surface area contributed by atoms with Crippen LogP contribution in [0.5, 0.6) is 0 Å². The molecule has 1 fully saturated rings. The molecule has 0 radical (unpaired) electrons. The number of ether oxygens (including phenoxy) is 1. The van der Waals surface area contributed by atoms with Gasteiger partial charge in [0.25, 0.3) is 0 Å². The molecule has 1 saturated heterocycles. The Bertz CT molecular complexity index is 464. The molecular weight excluding hydrogens is 300 g/mol. The maximum Gasteiger partial charge on any atom is 0.317 e. The van der Waals surface area contributed by atoms with Crippen molar-refractivity contribution in [3.8, 4) is 0 Å². The monoisotopic (exact) mass is 322 g/mol. The fourth-order valence-electron chi connectivity index (χ4n) is 2.15. The zero-order chi connectivity index (χ0) is 15.9. The molecule has 0 spiro atoms. The van der Waals surface area contributed by atoms with Crippen molar-refractivity contribution >= 4 is 22.0 Å². The molecule has 1 aliphatic rings. The molecule has 0 unspecified atom stereocenters. The van der Waals surface area contributed by atoms with Crippen LogP contribution in [0.15, 0.2) is 0 Å². The first kappa shape index (κ1) is 17.9. The minimum Gasteiger partial charge on any atom is -0.480 e. The van der Waals surface area contributed by atoms with Gasteiger partial charge in [0.2, 0.25) is 10.0 Å². The predicted octanol–water partition coefficient (Wildman–Crippen LogP) is -0.638. The highest BCUT2D eigenvalue weighted by Gasteiger charge is 2.26. The van der Waals surface area contributed by atoms with E-state index in [-0.39, 0.29) is 31.9 Å². The van der Waals surface area contributed by atoms with Gasteiger partial charge in [0, 0.05) is 26.2 Å². The molecule has 1 aliphatic heterocycles. The highest BCUT2D eigenvalue weighted by atomic mass is 32.2. The summed E-state index contributed by atoms with van der Waals surface area (Å²) in [4.78, 5) is 23.6. The van der Waals surface area contributed by atoms with Gasteiger partial charge in [0.15, 0.2) is 0 Å². The van der Waals surface area contributed by atoms with Crippen LogP contribution < -0.4 is 0 Å². The lowest BCUT2D eigenvalue weighted by molar-refractivity contribution is -0.142. The number of nitrogens with zero attached hydrogens (tertiary/aromatic N) is 2. The highest BCUT2D eigenvalue weighted by Crippen LogP contribution is 2.10. The minimum absolute atomic E-state index is 0.0866. The SMILES string of the molecule is CCOC(=O)CCS(=O)(=O)N1CCCN(CC(=O)O)CC1. The van der Waals surface area contributed by atoms with Gasteiger partial charge in [0.05, 0.1) is 25.3 Å². The van der Waals surface area contributed by atoms with Crippen LogP contribution >= 0.6 is 0 Å². The standard InChI is InChI=1S/C12H22N2O6S/c1-2-20-12(17)4-9-21(18,19)14-6-3-5-13(7-8-14)10-11(15)16/h2-10H2,1H3,(H,15,16). The highest BCUT2D eigenvalue weighted by molar-refractivity contribution is 7.89. The van der Waals surface area contributed by atoms with Crippen molar-refractivity contribution < 1.29 is 27.9 Å². The number of carbonyl (C=O) groups excluding carboxylic acids is 1. The number of rotatable bonds is 7. The average molecular weight is 322 g/mol. The number of carboxylic acid groups (broad SMARTS) is 1. The van der Waals surface area contributed by atoms with E-state index in [2.05, 4.69) is 0 Å². The van der Waals surface area contributed by atoms with E-state index in [0.717, 1.165) is 0 Å². The average Bonchev–Trinajstić information content (AvgIpc) is 2.62. The Labute approximate surface area is 124 Å². The molecule has 0 bridgehead atoms. The summed E-state index contributed by atoms with van der Waals surface area (Å²) in [5, 5.41) is 8.75. The lowest BCUT2D eigenvalue weighted by atomic mass is 10.4. The second-order valence-electron chi connectivity index (χ2n) is 4.79. The first-order chi connectivity index (χ1) is 9.85. The molecule has 1 heterocycles. The summed E-state index contributed by atoms with van der Waals surface area (Å²) < 4.78 is 30.4. The van der Waals surface area contributed by atoms with E-state index in [1.165, 1.54) is 4.31 Å². The van der Waals surface area contributed by atoms with Crippen molar-refractivity contribution in [3.05, 3.63) is 0 Å². The van der Waals surface area contributed by atoms with Gasteiger partial charge in [-0.05, 0) is 13.3 Å². The van der Waals surface area contributed by atoms with Crippen LogP contribution in [0.2, 0.25) is 0 Å². The third-order valence-electron chi connectivity index (χ3n) is 3.17. The van der Waals surface area contributed by atoms with E-state index in [1.807, 2.05) is 0 Å². The van der Waals surface area contributed by atoms with Crippen LogP contribution in [0.1, 0.15) is 19.8 Å². The molecule has 0 atom stereocenters. The zero-order valence-electron chi connectivity index (χ0n) is 12.2. The first-order valence-electron chi connectivity index (χ1n) is 6.92. The topological polar surface area (TPSA) is 104 Å². The summed E-state index contributed by atoms with van der Waals surface area (Å²) in [6.45, 7) is 3.34. The number of hydrogen-bond donors (Lipinski definition) is 1. The van der Waals surface area contributed by atoms with Crippen LogP contribution in [0, 0.1) is 0 Å². The Morgan fingerprint density at radius 1 is 1.19 bits per heavy atom. The van der Waals surface area contributed by atoms with E-state index < -0.39 is 22.0 Å². The third kappa shape index (κ3) is 6.40. The molecule has 0 saturated carbocycles. The van der Waals surface area contributed by atoms with Crippen LogP contribution in [0.3, 0.4) is 0 Å². The van der Waals surface area contributed by atoms with Gasteiger partial charge in [-0.25, -0.2) is 12.7 Å². The zero-order valence-corrected chi connectivity index (χ0v) is 13.0.